The van der Waals surface area contributed by atoms with Crippen molar-refractivity contribution in [3.8, 4) is 11.5 Å². The standard InChI is InChI=1S/C15H22N2O2/c1-3-16-13-6-7-17(9-11(13)2)12-4-5-14-15(8-12)19-10-18-14/h4-5,8,11,13,16H,3,6-7,9-10H2,1-2H3. The molecule has 0 aliphatic carbocycles. The first kappa shape index (κ1) is 12.6. The number of hydrogen-bond acceptors (Lipinski definition) is 4. The van der Waals surface area contributed by atoms with E-state index in [1.54, 1.807) is 0 Å². The predicted octanol–water partition coefficient (Wildman–Crippen LogP) is 2.24. The van der Waals surface area contributed by atoms with Crippen molar-refractivity contribution >= 4 is 5.69 Å². The Kier molecular flexibility index (Phi) is 3.51. The lowest BCUT2D eigenvalue weighted by molar-refractivity contribution is 0.174. The minimum absolute atomic E-state index is 0.345. The van der Waals surface area contributed by atoms with Crippen molar-refractivity contribution in [3.63, 3.8) is 0 Å². The van der Waals surface area contributed by atoms with Gasteiger partial charge in [0, 0.05) is 30.9 Å². The van der Waals surface area contributed by atoms with E-state index in [9.17, 15) is 0 Å². The van der Waals surface area contributed by atoms with Gasteiger partial charge in [0.1, 0.15) is 0 Å². The summed E-state index contributed by atoms with van der Waals surface area (Å²) in [6.07, 6.45) is 1.20. The molecule has 2 aliphatic rings. The SMILES string of the molecule is CCNC1CCN(c2ccc3c(c2)OCO3)CC1C. The molecule has 0 amide bonds. The maximum atomic E-state index is 5.46. The molecular weight excluding hydrogens is 240 g/mol. The molecule has 1 aromatic carbocycles. The average Bonchev–Trinajstić information content (AvgIpc) is 2.88. The molecule has 2 aliphatic heterocycles. The molecule has 1 saturated heterocycles. The van der Waals surface area contributed by atoms with Gasteiger partial charge in [-0.25, -0.2) is 0 Å². The van der Waals surface area contributed by atoms with Gasteiger partial charge in [0.25, 0.3) is 0 Å². The largest absolute Gasteiger partial charge is 0.454 e. The highest BCUT2D eigenvalue weighted by Gasteiger charge is 2.26. The first-order chi connectivity index (χ1) is 9.28. The van der Waals surface area contributed by atoms with E-state index < -0.39 is 0 Å². The molecule has 0 bridgehead atoms. The molecule has 3 rings (SSSR count). The summed E-state index contributed by atoms with van der Waals surface area (Å²) in [5.41, 5.74) is 1.24. The van der Waals surface area contributed by atoms with Crippen molar-refractivity contribution in [2.75, 3.05) is 31.3 Å². The lowest BCUT2D eigenvalue weighted by Gasteiger charge is -2.38. The van der Waals surface area contributed by atoms with Crippen molar-refractivity contribution in [3.05, 3.63) is 18.2 Å². The fourth-order valence-corrected chi connectivity index (χ4v) is 3.03. The van der Waals surface area contributed by atoms with E-state index >= 15 is 0 Å². The van der Waals surface area contributed by atoms with Crippen LogP contribution in [0.25, 0.3) is 0 Å². The van der Waals surface area contributed by atoms with Crippen molar-refractivity contribution in [1.82, 2.24) is 5.32 Å². The van der Waals surface area contributed by atoms with Crippen LogP contribution in [0, 0.1) is 5.92 Å². The van der Waals surface area contributed by atoms with Crippen LogP contribution < -0.4 is 19.7 Å². The molecule has 2 unspecified atom stereocenters. The number of nitrogens with zero attached hydrogens (tertiary/aromatic N) is 1. The van der Waals surface area contributed by atoms with Gasteiger partial charge in [-0.2, -0.15) is 0 Å². The van der Waals surface area contributed by atoms with Crippen LogP contribution in [0.2, 0.25) is 0 Å². The summed E-state index contributed by atoms with van der Waals surface area (Å²) in [5.74, 6) is 2.40. The zero-order chi connectivity index (χ0) is 13.2. The van der Waals surface area contributed by atoms with Gasteiger partial charge in [-0.15, -0.1) is 0 Å². The topological polar surface area (TPSA) is 33.7 Å². The molecule has 104 valence electrons. The molecule has 4 heteroatoms. The molecule has 2 atom stereocenters. The summed E-state index contributed by atoms with van der Waals surface area (Å²) in [6, 6.07) is 6.89. The Morgan fingerprint density at radius 3 is 2.95 bits per heavy atom. The van der Waals surface area contributed by atoms with Gasteiger partial charge < -0.3 is 19.7 Å². The molecule has 2 heterocycles. The van der Waals surface area contributed by atoms with Crippen molar-refractivity contribution in [2.45, 2.75) is 26.3 Å². The summed E-state index contributed by atoms with van der Waals surface area (Å²) in [7, 11) is 0. The van der Waals surface area contributed by atoms with Crippen LogP contribution in [0.15, 0.2) is 18.2 Å². The summed E-state index contributed by atoms with van der Waals surface area (Å²) in [6.45, 7) is 8.10. The number of ether oxygens (including phenoxy) is 2. The number of fused-ring (bicyclic) bond motifs is 1. The Hall–Kier alpha value is -1.42. The minimum atomic E-state index is 0.345. The molecule has 1 aromatic rings. The molecule has 0 spiro atoms. The fraction of sp³-hybridized carbons (Fsp3) is 0.600. The number of benzene rings is 1. The second-order valence-corrected chi connectivity index (χ2v) is 5.41. The number of rotatable bonds is 3. The van der Waals surface area contributed by atoms with E-state index in [-0.39, 0.29) is 0 Å². The van der Waals surface area contributed by atoms with E-state index in [2.05, 4.69) is 36.2 Å². The third-order valence-corrected chi connectivity index (χ3v) is 4.09. The van der Waals surface area contributed by atoms with E-state index in [1.807, 2.05) is 6.07 Å². The minimum Gasteiger partial charge on any atom is -0.454 e. The van der Waals surface area contributed by atoms with E-state index in [4.69, 9.17) is 9.47 Å². The lowest BCUT2D eigenvalue weighted by Crippen LogP contribution is -2.48. The molecule has 0 aromatic heterocycles. The zero-order valence-electron chi connectivity index (χ0n) is 11.7. The average molecular weight is 262 g/mol. The van der Waals surface area contributed by atoms with E-state index in [0.29, 0.717) is 18.8 Å². The second kappa shape index (κ2) is 5.29. The lowest BCUT2D eigenvalue weighted by atomic mass is 9.93. The Bertz CT molecular complexity index is 450. The van der Waals surface area contributed by atoms with Crippen LogP contribution in [0.3, 0.4) is 0 Å². The van der Waals surface area contributed by atoms with Crippen LogP contribution in [0.4, 0.5) is 5.69 Å². The van der Waals surface area contributed by atoms with E-state index in [1.165, 1.54) is 12.1 Å². The van der Waals surface area contributed by atoms with Gasteiger partial charge in [0.05, 0.1) is 0 Å². The predicted molar refractivity (Wildman–Crippen MR) is 76.0 cm³/mol. The third-order valence-electron chi connectivity index (χ3n) is 4.09. The first-order valence-electron chi connectivity index (χ1n) is 7.16. The first-order valence-corrected chi connectivity index (χ1v) is 7.16. The molecule has 1 N–H and O–H groups in total. The molecule has 0 radical (unpaired) electrons. The molecule has 0 saturated carbocycles. The monoisotopic (exact) mass is 262 g/mol. The molecular formula is C15H22N2O2. The van der Waals surface area contributed by atoms with Gasteiger partial charge in [0.2, 0.25) is 6.79 Å². The van der Waals surface area contributed by atoms with Gasteiger partial charge in [-0.05, 0) is 31.0 Å². The quantitative estimate of drug-likeness (QED) is 0.906. The van der Waals surface area contributed by atoms with Crippen LogP contribution in [0.1, 0.15) is 20.3 Å². The summed E-state index contributed by atoms with van der Waals surface area (Å²) in [5, 5.41) is 3.58. The van der Waals surface area contributed by atoms with Crippen LogP contribution >= 0.6 is 0 Å². The summed E-state index contributed by atoms with van der Waals surface area (Å²) in [4.78, 5) is 2.44. The van der Waals surface area contributed by atoms with Gasteiger partial charge in [0.15, 0.2) is 11.5 Å². The molecule has 19 heavy (non-hydrogen) atoms. The maximum Gasteiger partial charge on any atom is 0.231 e. The smallest absolute Gasteiger partial charge is 0.231 e. The summed E-state index contributed by atoms with van der Waals surface area (Å²) >= 11 is 0. The maximum absolute atomic E-state index is 5.46. The Morgan fingerprint density at radius 2 is 2.16 bits per heavy atom. The van der Waals surface area contributed by atoms with Crippen molar-refractivity contribution < 1.29 is 9.47 Å². The Morgan fingerprint density at radius 1 is 1.32 bits per heavy atom. The van der Waals surface area contributed by atoms with Crippen LogP contribution in [0.5, 0.6) is 11.5 Å². The number of piperidine rings is 1. The highest BCUT2D eigenvalue weighted by Crippen LogP contribution is 2.36. The number of nitrogens with one attached hydrogen (secondary N) is 1. The number of hydrogen-bond donors (Lipinski definition) is 1. The molecule has 1 fully saturated rings. The highest BCUT2D eigenvalue weighted by molar-refractivity contribution is 5.57. The van der Waals surface area contributed by atoms with Gasteiger partial charge in [-0.3, -0.25) is 0 Å². The van der Waals surface area contributed by atoms with Crippen LogP contribution in [-0.4, -0.2) is 32.5 Å². The molecule has 4 nitrogen and oxygen atoms in total. The summed E-state index contributed by atoms with van der Waals surface area (Å²) < 4.78 is 10.8. The Balaban J connectivity index is 1.70. The van der Waals surface area contributed by atoms with Gasteiger partial charge in [-0.1, -0.05) is 13.8 Å². The van der Waals surface area contributed by atoms with Crippen molar-refractivity contribution in [1.29, 1.82) is 0 Å². The van der Waals surface area contributed by atoms with Crippen LogP contribution in [-0.2, 0) is 0 Å². The normalized spacial score (nSPS) is 25.7. The van der Waals surface area contributed by atoms with E-state index in [0.717, 1.165) is 31.1 Å². The zero-order valence-corrected chi connectivity index (χ0v) is 11.7. The fourth-order valence-electron chi connectivity index (χ4n) is 3.03. The van der Waals surface area contributed by atoms with Crippen molar-refractivity contribution in [2.24, 2.45) is 5.92 Å². The van der Waals surface area contributed by atoms with Gasteiger partial charge >= 0.3 is 0 Å². The number of anilines is 1. The third kappa shape index (κ3) is 2.50. The second-order valence-electron chi connectivity index (χ2n) is 5.41. The highest BCUT2D eigenvalue weighted by atomic mass is 16.7. The Labute approximate surface area is 114 Å².